The van der Waals surface area contributed by atoms with Gasteiger partial charge in [-0.3, -0.25) is 4.79 Å². The summed E-state index contributed by atoms with van der Waals surface area (Å²) in [5.41, 5.74) is 0.0520. The molecule has 0 unspecified atom stereocenters. The van der Waals surface area contributed by atoms with Gasteiger partial charge in [-0.2, -0.15) is 0 Å². The van der Waals surface area contributed by atoms with E-state index in [1.807, 2.05) is 20.8 Å². The fourth-order valence-electron chi connectivity index (χ4n) is 1.34. The molecule has 0 fully saturated rings. The molecule has 0 atom stereocenters. The summed E-state index contributed by atoms with van der Waals surface area (Å²) < 4.78 is 25.2. The van der Waals surface area contributed by atoms with Crippen LogP contribution in [0.2, 0.25) is 0 Å². The molecular weight excluding hydrogens is 238 g/mol. The second kappa shape index (κ2) is 4.58. The van der Waals surface area contributed by atoms with E-state index in [9.17, 15) is 13.2 Å². The van der Waals surface area contributed by atoms with Crippen molar-refractivity contribution in [1.29, 1.82) is 0 Å². The normalized spacial score (nSPS) is 12.5. The molecule has 1 N–H and O–H groups in total. The molecule has 1 aromatic carbocycles. The van der Waals surface area contributed by atoms with Crippen molar-refractivity contribution in [1.82, 2.24) is 4.72 Å². The molecule has 0 saturated carbocycles. The molecule has 0 aromatic heterocycles. The lowest BCUT2D eigenvalue weighted by molar-refractivity contribution is 0.0858. The van der Waals surface area contributed by atoms with Gasteiger partial charge in [-0.1, -0.05) is 32.9 Å². The topological polar surface area (TPSA) is 63.2 Å². The molecule has 0 aliphatic rings. The summed E-state index contributed by atoms with van der Waals surface area (Å²) in [6.45, 7) is 5.48. The van der Waals surface area contributed by atoms with Crippen molar-refractivity contribution in [3.05, 3.63) is 29.8 Å². The van der Waals surface area contributed by atoms with Crippen molar-refractivity contribution in [2.24, 2.45) is 5.41 Å². The van der Waals surface area contributed by atoms with E-state index in [1.165, 1.54) is 31.3 Å². The Hall–Kier alpha value is -1.20. The van der Waals surface area contributed by atoms with Gasteiger partial charge in [-0.15, -0.1) is 0 Å². The zero-order chi connectivity index (χ0) is 13.3. The molecule has 0 aliphatic carbocycles. The number of hydrogen-bond acceptors (Lipinski definition) is 3. The predicted octanol–water partition coefficient (Wildman–Crippen LogP) is 2.07. The SMILES string of the molecule is CNS(=O)(=O)c1ccc(C(=O)C(C)(C)C)cc1.[HH]. The van der Waals surface area contributed by atoms with Gasteiger partial charge >= 0.3 is 0 Å². The maximum absolute atomic E-state index is 11.9. The van der Waals surface area contributed by atoms with E-state index in [1.54, 1.807) is 0 Å². The highest BCUT2D eigenvalue weighted by Crippen LogP contribution is 2.21. The van der Waals surface area contributed by atoms with Crippen LogP contribution in [0.1, 0.15) is 32.6 Å². The van der Waals surface area contributed by atoms with E-state index >= 15 is 0 Å². The molecule has 0 spiro atoms. The van der Waals surface area contributed by atoms with Crippen LogP contribution >= 0.6 is 0 Å². The summed E-state index contributed by atoms with van der Waals surface area (Å²) in [7, 11) is -2.09. The van der Waals surface area contributed by atoms with Crippen molar-refractivity contribution in [2.75, 3.05) is 7.05 Å². The van der Waals surface area contributed by atoms with Crippen molar-refractivity contribution < 1.29 is 14.6 Å². The third-order valence-electron chi connectivity index (χ3n) is 2.38. The number of carbonyl (C=O) groups is 1. The second-order valence-electron chi connectivity index (χ2n) is 4.81. The summed E-state index contributed by atoms with van der Waals surface area (Å²) >= 11 is 0. The molecule has 0 radical (unpaired) electrons. The Morgan fingerprint density at radius 1 is 1.18 bits per heavy atom. The predicted molar refractivity (Wildman–Crippen MR) is 68.6 cm³/mol. The number of rotatable bonds is 3. The van der Waals surface area contributed by atoms with E-state index in [0.717, 1.165) is 0 Å². The van der Waals surface area contributed by atoms with Gasteiger partial charge in [0.25, 0.3) is 0 Å². The smallest absolute Gasteiger partial charge is 0.240 e. The zero-order valence-electron chi connectivity index (χ0n) is 10.4. The standard InChI is InChI=1S/C12H17NO3S.H2/c1-12(2,3)11(14)9-5-7-10(8-6-9)17(15,16)13-4;/h5-8,13H,1-4H3;1H. The van der Waals surface area contributed by atoms with Crippen LogP contribution in [0, 0.1) is 5.41 Å². The van der Waals surface area contributed by atoms with E-state index < -0.39 is 15.4 Å². The Labute approximate surface area is 104 Å². The van der Waals surface area contributed by atoms with Crippen molar-refractivity contribution >= 4 is 15.8 Å². The van der Waals surface area contributed by atoms with E-state index in [2.05, 4.69) is 4.72 Å². The Balaban J connectivity index is 0.00000289. The number of nitrogens with one attached hydrogen (secondary N) is 1. The molecule has 0 saturated heterocycles. The third-order valence-corrected chi connectivity index (χ3v) is 3.81. The van der Waals surface area contributed by atoms with Gasteiger partial charge in [0.2, 0.25) is 10.0 Å². The molecule has 5 heteroatoms. The highest BCUT2D eigenvalue weighted by atomic mass is 32.2. The fraction of sp³-hybridized carbons (Fsp3) is 0.417. The van der Waals surface area contributed by atoms with Crippen LogP contribution in [-0.2, 0) is 10.0 Å². The van der Waals surface area contributed by atoms with Gasteiger partial charge in [-0.05, 0) is 19.2 Å². The highest BCUT2D eigenvalue weighted by molar-refractivity contribution is 7.89. The molecule has 0 heterocycles. The molecule has 0 amide bonds. The first-order chi connectivity index (χ1) is 7.68. The quantitative estimate of drug-likeness (QED) is 0.843. The minimum Gasteiger partial charge on any atom is -0.294 e. The van der Waals surface area contributed by atoms with Gasteiger partial charge in [0.15, 0.2) is 5.78 Å². The summed E-state index contributed by atoms with van der Waals surface area (Å²) in [5, 5.41) is 0. The van der Waals surface area contributed by atoms with E-state index in [-0.39, 0.29) is 12.1 Å². The maximum atomic E-state index is 11.9. The Kier molecular flexibility index (Phi) is 3.74. The average Bonchev–Trinajstić information content (AvgIpc) is 2.27. The fourth-order valence-corrected chi connectivity index (χ4v) is 2.07. The van der Waals surface area contributed by atoms with Gasteiger partial charge in [-0.25, -0.2) is 13.1 Å². The van der Waals surface area contributed by atoms with Crippen LogP contribution < -0.4 is 4.72 Å². The second-order valence-corrected chi connectivity index (χ2v) is 6.70. The van der Waals surface area contributed by atoms with Crippen LogP contribution in [0.25, 0.3) is 0 Å². The number of Topliss-reactive ketones (excluding diaryl/α,β-unsaturated/α-hetero) is 1. The van der Waals surface area contributed by atoms with E-state index in [0.29, 0.717) is 5.56 Å². The minimum absolute atomic E-state index is 0. The lowest BCUT2D eigenvalue weighted by atomic mass is 9.87. The third kappa shape index (κ3) is 3.14. The van der Waals surface area contributed by atoms with Crippen LogP contribution in [0.5, 0.6) is 0 Å². The van der Waals surface area contributed by atoms with Crippen LogP contribution in [0.4, 0.5) is 0 Å². The first-order valence-electron chi connectivity index (χ1n) is 5.27. The molecule has 0 aliphatic heterocycles. The largest absolute Gasteiger partial charge is 0.294 e. The average molecular weight is 257 g/mol. The summed E-state index contributed by atoms with van der Waals surface area (Å²) in [6.07, 6.45) is 0. The van der Waals surface area contributed by atoms with Gasteiger partial charge in [0.05, 0.1) is 4.90 Å². The molecule has 17 heavy (non-hydrogen) atoms. The van der Waals surface area contributed by atoms with Crippen LogP contribution in [-0.4, -0.2) is 21.2 Å². The van der Waals surface area contributed by atoms with Crippen molar-refractivity contribution in [3.8, 4) is 0 Å². The molecule has 96 valence electrons. The Bertz CT molecular complexity index is 515. The first kappa shape index (κ1) is 13.9. The summed E-state index contributed by atoms with van der Waals surface area (Å²) in [5.74, 6) is -0.00842. The van der Waals surface area contributed by atoms with Gasteiger partial charge in [0.1, 0.15) is 0 Å². The number of hydrogen-bond donors (Lipinski definition) is 1. The van der Waals surface area contributed by atoms with Crippen molar-refractivity contribution in [3.63, 3.8) is 0 Å². The molecule has 4 nitrogen and oxygen atoms in total. The Morgan fingerprint density at radius 2 is 1.65 bits per heavy atom. The van der Waals surface area contributed by atoms with E-state index in [4.69, 9.17) is 0 Å². The number of benzene rings is 1. The van der Waals surface area contributed by atoms with Gasteiger partial charge in [0, 0.05) is 12.4 Å². The molecule has 1 aromatic rings. The molecule has 0 bridgehead atoms. The summed E-state index contributed by atoms with van der Waals surface area (Å²) in [4.78, 5) is 12.1. The number of carbonyl (C=O) groups excluding carboxylic acids is 1. The van der Waals surface area contributed by atoms with Crippen molar-refractivity contribution in [2.45, 2.75) is 25.7 Å². The summed E-state index contributed by atoms with van der Waals surface area (Å²) in [6, 6.07) is 5.95. The zero-order valence-corrected chi connectivity index (χ0v) is 11.3. The van der Waals surface area contributed by atoms with Crippen LogP contribution in [0.15, 0.2) is 29.2 Å². The number of ketones is 1. The lowest BCUT2D eigenvalue weighted by Crippen LogP contribution is -2.21. The first-order valence-corrected chi connectivity index (χ1v) is 6.75. The van der Waals surface area contributed by atoms with Crippen LogP contribution in [0.3, 0.4) is 0 Å². The highest BCUT2D eigenvalue weighted by Gasteiger charge is 2.23. The minimum atomic E-state index is -3.44. The number of sulfonamides is 1. The van der Waals surface area contributed by atoms with Gasteiger partial charge < -0.3 is 0 Å². The lowest BCUT2D eigenvalue weighted by Gasteiger charge is -2.16. The maximum Gasteiger partial charge on any atom is 0.240 e. The monoisotopic (exact) mass is 257 g/mol. The Morgan fingerprint density at radius 3 is 2.00 bits per heavy atom. The molecular formula is C12H19NO3S. The molecule has 1 rings (SSSR count).